The average Bonchev–Trinajstić information content (AvgIpc) is 2.72. The number of benzene rings is 1. The lowest BCUT2D eigenvalue weighted by molar-refractivity contribution is 0.0526. The second-order valence-electron chi connectivity index (χ2n) is 4.12. The SMILES string of the molecule is CCOC(=O)c1cc(CCO)c2c(C)csc2c1. The lowest BCUT2D eigenvalue weighted by Gasteiger charge is -2.07. The Bertz CT molecular complexity index is 572. The average molecular weight is 264 g/mol. The number of hydrogen-bond acceptors (Lipinski definition) is 4. The van der Waals surface area contributed by atoms with Crippen molar-refractivity contribution in [3.05, 3.63) is 34.2 Å². The van der Waals surface area contributed by atoms with Crippen molar-refractivity contribution in [3.8, 4) is 0 Å². The van der Waals surface area contributed by atoms with Gasteiger partial charge in [0.2, 0.25) is 0 Å². The van der Waals surface area contributed by atoms with Crippen molar-refractivity contribution in [1.29, 1.82) is 0 Å². The smallest absolute Gasteiger partial charge is 0.338 e. The molecule has 1 heterocycles. The van der Waals surface area contributed by atoms with E-state index >= 15 is 0 Å². The van der Waals surface area contributed by atoms with Crippen molar-refractivity contribution in [2.24, 2.45) is 0 Å². The summed E-state index contributed by atoms with van der Waals surface area (Å²) in [5.74, 6) is -0.301. The van der Waals surface area contributed by atoms with Gasteiger partial charge in [0.05, 0.1) is 12.2 Å². The molecule has 1 aromatic carbocycles. The molecule has 1 N–H and O–H groups in total. The quantitative estimate of drug-likeness (QED) is 0.864. The number of thiophene rings is 1. The standard InChI is InChI=1S/C14H16O3S/c1-3-17-14(16)11-6-10(4-5-15)13-9(2)8-18-12(13)7-11/h6-8,15H,3-5H2,1-2H3. The number of aliphatic hydroxyl groups is 1. The molecule has 0 bridgehead atoms. The van der Waals surface area contributed by atoms with Crippen LogP contribution in [0, 0.1) is 6.92 Å². The Kier molecular flexibility index (Phi) is 3.99. The van der Waals surface area contributed by atoms with E-state index in [0.29, 0.717) is 18.6 Å². The van der Waals surface area contributed by atoms with Gasteiger partial charge in [-0.3, -0.25) is 0 Å². The maximum absolute atomic E-state index is 11.8. The predicted molar refractivity (Wildman–Crippen MR) is 73.3 cm³/mol. The van der Waals surface area contributed by atoms with E-state index in [-0.39, 0.29) is 12.6 Å². The molecule has 0 aliphatic rings. The van der Waals surface area contributed by atoms with Crippen LogP contribution in [0.4, 0.5) is 0 Å². The van der Waals surface area contributed by atoms with Crippen molar-refractivity contribution in [1.82, 2.24) is 0 Å². The summed E-state index contributed by atoms with van der Waals surface area (Å²) in [5, 5.41) is 12.4. The minimum atomic E-state index is -0.301. The van der Waals surface area contributed by atoms with Gasteiger partial charge >= 0.3 is 5.97 Å². The minimum absolute atomic E-state index is 0.0800. The number of carbonyl (C=O) groups is 1. The summed E-state index contributed by atoms with van der Waals surface area (Å²) < 4.78 is 6.09. The van der Waals surface area contributed by atoms with Gasteiger partial charge in [0.15, 0.2) is 0 Å². The van der Waals surface area contributed by atoms with Crippen LogP contribution in [-0.2, 0) is 11.2 Å². The van der Waals surface area contributed by atoms with Gasteiger partial charge in [-0.1, -0.05) is 0 Å². The third kappa shape index (κ3) is 2.40. The summed E-state index contributed by atoms with van der Waals surface area (Å²) >= 11 is 1.61. The molecular weight excluding hydrogens is 248 g/mol. The summed E-state index contributed by atoms with van der Waals surface area (Å²) in [5.41, 5.74) is 2.76. The molecule has 1 aromatic heterocycles. The summed E-state index contributed by atoms with van der Waals surface area (Å²) in [6.07, 6.45) is 0.557. The molecule has 96 valence electrons. The molecule has 0 atom stereocenters. The number of rotatable bonds is 4. The molecule has 0 radical (unpaired) electrons. The summed E-state index contributed by atoms with van der Waals surface area (Å²) in [7, 11) is 0. The van der Waals surface area contributed by atoms with Gasteiger partial charge in [0.1, 0.15) is 0 Å². The second-order valence-corrected chi connectivity index (χ2v) is 5.03. The van der Waals surface area contributed by atoms with Crippen LogP contribution in [0.1, 0.15) is 28.4 Å². The number of fused-ring (bicyclic) bond motifs is 1. The van der Waals surface area contributed by atoms with Crippen molar-refractivity contribution in [2.45, 2.75) is 20.3 Å². The van der Waals surface area contributed by atoms with Crippen molar-refractivity contribution in [3.63, 3.8) is 0 Å². The Morgan fingerprint density at radius 1 is 1.44 bits per heavy atom. The van der Waals surface area contributed by atoms with E-state index in [9.17, 15) is 4.79 Å². The van der Waals surface area contributed by atoms with Gasteiger partial charge in [0.25, 0.3) is 0 Å². The van der Waals surface area contributed by atoms with E-state index in [1.54, 1.807) is 18.3 Å². The molecule has 0 fully saturated rings. The van der Waals surface area contributed by atoms with E-state index in [0.717, 1.165) is 15.6 Å². The lowest BCUT2D eigenvalue weighted by Crippen LogP contribution is -2.05. The van der Waals surface area contributed by atoms with Crippen molar-refractivity contribution >= 4 is 27.4 Å². The Balaban J connectivity index is 2.54. The fourth-order valence-corrected chi connectivity index (χ4v) is 3.10. The third-order valence-corrected chi connectivity index (χ3v) is 3.88. The molecule has 0 aliphatic carbocycles. The van der Waals surface area contributed by atoms with E-state index < -0.39 is 0 Å². The number of aliphatic hydroxyl groups excluding tert-OH is 1. The maximum Gasteiger partial charge on any atom is 0.338 e. The zero-order valence-corrected chi connectivity index (χ0v) is 11.3. The van der Waals surface area contributed by atoms with Gasteiger partial charge in [-0.05, 0) is 54.3 Å². The zero-order valence-electron chi connectivity index (χ0n) is 10.5. The Hall–Kier alpha value is -1.39. The van der Waals surface area contributed by atoms with Crippen LogP contribution >= 0.6 is 11.3 Å². The normalized spacial score (nSPS) is 10.8. The molecule has 4 heteroatoms. The van der Waals surface area contributed by atoms with Gasteiger partial charge < -0.3 is 9.84 Å². The van der Waals surface area contributed by atoms with Gasteiger partial charge in [-0.2, -0.15) is 0 Å². The molecule has 0 saturated carbocycles. The van der Waals surface area contributed by atoms with Crippen LogP contribution in [0.15, 0.2) is 17.5 Å². The molecular formula is C14H16O3S. The van der Waals surface area contributed by atoms with Gasteiger partial charge in [-0.15, -0.1) is 11.3 Å². The van der Waals surface area contributed by atoms with Crippen molar-refractivity contribution in [2.75, 3.05) is 13.2 Å². The number of ether oxygens (including phenoxy) is 1. The molecule has 0 unspecified atom stereocenters. The third-order valence-electron chi connectivity index (χ3n) is 2.83. The summed E-state index contributed by atoms with van der Waals surface area (Å²) in [6, 6.07) is 3.70. The van der Waals surface area contributed by atoms with Crippen LogP contribution in [0.5, 0.6) is 0 Å². The molecule has 0 saturated heterocycles. The molecule has 0 aliphatic heterocycles. The first-order valence-corrected chi connectivity index (χ1v) is 6.84. The highest BCUT2D eigenvalue weighted by atomic mass is 32.1. The van der Waals surface area contributed by atoms with Gasteiger partial charge in [-0.25, -0.2) is 4.79 Å². The molecule has 3 nitrogen and oxygen atoms in total. The second kappa shape index (κ2) is 5.50. The summed E-state index contributed by atoms with van der Waals surface area (Å²) in [4.78, 5) is 11.8. The predicted octanol–water partition coefficient (Wildman–Crippen LogP) is 2.92. The lowest BCUT2D eigenvalue weighted by atomic mass is 10.0. The number of hydrogen-bond donors (Lipinski definition) is 1. The van der Waals surface area contributed by atoms with Crippen LogP contribution in [0.2, 0.25) is 0 Å². The first-order valence-electron chi connectivity index (χ1n) is 5.96. The zero-order chi connectivity index (χ0) is 13.1. The van der Waals surface area contributed by atoms with E-state index in [4.69, 9.17) is 9.84 Å². The van der Waals surface area contributed by atoms with Gasteiger partial charge in [0, 0.05) is 11.3 Å². The topological polar surface area (TPSA) is 46.5 Å². The Labute approximate surface area is 110 Å². The highest BCUT2D eigenvalue weighted by Crippen LogP contribution is 2.30. The number of aryl methyl sites for hydroxylation is 1. The fraction of sp³-hybridized carbons (Fsp3) is 0.357. The van der Waals surface area contributed by atoms with E-state index in [1.165, 1.54) is 5.56 Å². The Morgan fingerprint density at radius 2 is 2.22 bits per heavy atom. The van der Waals surface area contributed by atoms with Crippen LogP contribution in [0.3, 0.4) is 0 Å². The number of carbonyl (C=O) groups excluding carboxylic acids is 1. The first kappa shape index (κ1) is 13.1. The monoisotopic (exact) mass is 264 g/mol. The van der Waals surface area contributed by atoms with E-state index in [2.05, 4.69) is 5.38 Å². The van der Waals surface area contributed by atoms with Crippen LogP contribution < -0.4 is 0 Å². The molecule has 2 aromatic rings. The highest BCUT2D eigenvalue weighted by Gasteiger charge is 2.13. The van der Waals surface area contributed by atoms with E-state index in [1.807, 2.05) is 19.1 Å². The largest absolute Gasteiger partial charge is 0.462 e. The summed E-state index contributed by atoms with van der Waals surface area (Å²) in [6.45, 7) is 4.29. The first-order chi connectivity index (χ1) is 8.67. The number of esters is 1. The highest BCUT2D eigenvalue weighted by molar-refractivity contribution is 7.17. The fourth-order valence-electron chi connectivity index (χ4n) is 2.07. The van der Waals surface area contributed by atoms with Crippen LogP contribution in [0.25, 0.3) is 10.1 Å². The van der Waals surface area contributed by atoms with Crippen molar-refractivity contribution < 1.29 is 14.6 Å². The van der Waals surface area contributed by atoms with Crippen LogP contribution in [-0.4, -0.2) is 24.3 Å². The molecule has 18 heavy (non-hydrogen) atoms. The molecule has 2 rings (SSSR count). The minimum Gasteiger partial charge on any atom is -0.462 e. The molecule has 0 amide bonds. The Morgan fingerprint density at radius 3 is 2.89 bits per heavy atom. The molecule has 0 spiro atoms. The maximum atomic E-state index is 11.8.